The van der Waals surface area contributed by atoms with Gasteiger partial charge in [-0.15, -0.1) is 11.3 Å². The van der Waals surface area contributed by atoms with Gasteiger partial charge in [0.2, 0.25) is 0 Å². The van der Waals surface area contributed by atoms with E-state index >= 15 is 0 Å². The normalized spacial score (nSPS) is 12.1. The largest absolute Gasteiger partial charge is 0.494 e. The van der Waals surface area contributed by atoms with Crippen LogP contribution in [-0.2, 0) is 9.53 Å². The van der Waals surface area contributed by atoms with Crippen molar-refractivity contribution in [2.45, 2.75) is 36.3 Å². The van der Waals surface area contributed by atoms with Gasteiger partial charge in [-0.2, -0.15) is 0 Å². The molecular weight excluding hydrogens is 378 g/mol. The van der Waals surface area contributed by atoms with Crippen molar-refractivity contribution in [1.29, 1.82) is 0 Å². The number of nitrogens with zero attached hydrogens (tertiary/aromatic N) is 1. The fraction of sp³-hybridized carbons (Fsp3) is 0.333. The van der Waals surface area contributed by atoms with Crippen LogP contribution < -0.4 is 4.74 Å². The molecule has 1 heterocycles. The molecule has 2 aromatic carbocycles. The Morgan fingerprint density at radius 1 is 1.19 bits per heavy atom. The second kappa shape index (κ2) is 9.76. The van der Waals surface area contributed by atoms with Gasteiger partial charge in [0, 0.05) is 0 Å². The second-order valence-corrected chi connectivity index (χ2v) is 8.35. The smallest absolute Gasteiger partial charge is 0.324 e. The van der Waals surface area contributed by atoms with E-state index < -0.39 is 5.25 Å². The van der Waals surface area contributed by atoms with Crippen molar-refractivity contribution in [3.8, 4) is 5.75 Å². The van der Waals surface area contributed by atoms with Crippen molar-refractivity contribution in [3.05, 3.63) is 54.1 Å². The zero-order chi connectivity index (χ0) is 19.1. The number of carbonyl (C=O) groups is 1. The number of thiazole rings is 1. The number of unbranched alkanes of at least 4 members (excludes halogenated alkanes) is 1. The van der Waals surface area contributed by atoms with E-state index in [0.29, 0.717) is 6.61 Å². The Balaban J connectivity index is 1.81. The summed E-state index contributed by atoms with van der Waals surface area (Å²) in [6, 6.07) is 15.6. The Morgan fingerprint density at radius 3 is 2.74 bits per heavy atom. The topological polar surface area (TPSA) is 48.4 Å². The third kappa shape index (κ3) is 5.23. The molecule has 0 fully saturated rings. The Hall–Kier alpha value is -2.05. The number of esters is 1. The van der Waals surface area contributed by atoms with E-state index in [1.807, 2.05) is 55.5 Å². The van der Waals surface area contributed by atoms with E-state index in [9.17, 15) is 4.79 Å². The van der Waals surface area contributed by atoms with E-state index in [2.05, 4.69) is 11.9 Å². The first-order valence-electron chi connectivity index (χ1n) is 9.13. The molecular formula is C21H23NO3S2. The molecule has 142 valence electrons. The lowest BCUT2D eigenvalue weighted by Crippen LogP contribution is -2.13. The predicted molar refractivity (Wildman–Crippen MR) is 112 cm³/mol. The van der Waals surface area contributed by atoms with Gasteiger partial charge >= 0.3 is 5.97 Å². The van der Waals surface area contributed by atoms with E-state index in [4.69, 9.17) is 9.47 Å². The first-order valence-corrected chi connectivity index (χ1v) is 10.8. The number of aromatic nitrogens is 1. The average molecular weight is 402 g/mol. The Kier molecular flexibility index (Phi) is 7.12. The summed E-state index contributed by atoms with van der Waals surface area (Å²) in [7, 11) is 0. The molecule has 3 rings (SSSR count). The summed E-state index contributed by atoms with van der Waals surface area (Å²) in [5.74, 6) is 0.623. The van der Waals surface area contributed by atoms with Crippen molar-refractivity contribution in [2.75, 3.05) is 13.2 Å². The minimum absolute atomic E-state index is 0.239. The predicted octanol–water partition coefficient (Wildman–Crippen LogP) is 5.87. The molecule has 0 spiro atoms. The molecule has 0 amide bonds. The van der Waals surface area contributed by atoms with Crippen LogP contribution in [0, 0.1) is 0 Å². The molecule has 0 radical (unpaired) electrons. The van der Waals surface area contributed by atoms with Crippen LogP contribution in [0.1, 0.15) is 37.5 Å². The van der Waals surface area contributed by atoms with Gasteiger partial charge < -0.3 is 9.47 Å². The van der Waals surface area contributed by atoms with Gasteiger partial charge in [-0.1, -0.05) is 55.4 Å². The van der Waals surface area contributed by atoms with Crippen LogP contribution in [0.3, 0.4) is 0 Å². The van der Waals surface area contributed by atoms with Crippen molar-refractivity contribution in [1.82, 2.24) is 4.98 Å². The van der Waals surface area contributed by atoms with Crippen LogP contribution in [0.15, 0.2) is 52.9 Å². The summed E-state index contributed by atoms with van der Waals surface area (Å²) < 4.78 is 13.0. The lowest BCUT2D eigenvalue weighted by Gasteiger charge is -2.13. The number of carbonyl (C=O) groups excluding carboxylic acids is 1. The zero-order valence-electron chi connectivity index (χ0n) is 15.5. The number of benzene rings is 2. The van der Waals surface area contributed by atoms with E-state index in [-0.39, 0.29) is 5.97 Å². The maximum atomic E-state index is 12.5. The third-order valence-corrected chi connectivity index (χ3v) is 6.27. The van der Waals surface area contributed by atoms with Gasteiger partial charge in [0.1, 0.15) is 11.0 Å². The molecule has 1 unspecified atom stereocenters. The standard InChI is InChI=1S/C21H23NO3S2/c1-3-5-13-25-16-11-12-17-18(14-16)26-21(22-17)27-19(20(23)24-4-2)15-9-7-6-8-10-15/h6-12,14,19H,3-5,13H2,1-2H3. The van der Waals surface area contributed by atoms with Crippen LogP contribution in [-0.4, -0.2) is 24.2 Å². The van der Waals surface area contributed by atoms with E-state index in [1.54, 1.807) is 11.3 Å². The third-order valence-electron chi connectivity index (χ3n) is 3.93. The summed E-state index contributed by atoms with van der Waals surface area (Å²) in [6.07, 6.45) is 2.15. The highest BCUT2D eigenvalue weighted by Gasteiger charge is 2.25. The number of ether oxygens (including phenoxy) is 2. The molecule has 0 aliphatic rings. The Morgan fingerprint density at radius 2 is 2.00 bits per heavy atom. The highest BCUT2D eigenvalue weighted by Crippen LogP contribution is 2.40. The van der Waals surface area contributed by atoms with Gasteiger partial charge in [0.15, 0.2) is 4.34 Å². The monoisotopic (exact) mass is 401 g/mol. The SMILES string of the molecule is CCCCOc1ccc2nc(SC(C(=O)OCC)c3ccccc3)sc2c1. The summed E-state index contributed by atoms with van der Waals surface area (Å²) in [5.41, 5.74) is 1.84. The number of hydrogen-bond acceptors (Lipinski definition) is 6. The minimum Gasteiger partial charge on any atom is -0.494 e. The minimum atomic E-state index is -0.424. The number of rotatable bonds is 9. The van der Waals surface area contributed by atoms with Crippen molar-refractivity contribution < 1.29 is 14.3 Å². The molecule has 0 aliphatic heterocycles. The van der Waals surface area contributed by atoms with Gasteiger partial charge in [-0.25, -0.2) is 4.98 Å². The number of hydrogen-bond donors (Lipinski definition) is 0. The highest BCUT2D eigenvalue weighted by molar-refractivity contribution is 8.02. The van der Waals surface area contributed by atoms with E-state index in [1.165, 1.54) is 11.8 Å². The van der Waals surface area contributed by atoms with Gasteiger partial charge in [0.05, 0.1) is 23.4 Å². The van der Waals surface area contributed by atoms with Crippen LogP contribution in [0.4, 0.5) is 0 Å². The zero-order valence-corrected chi connectivity index (χ0v) is 17.1. The van der Waals surface area contributed by atoms with Crippen LogP contribution in [0.2, 0.25) is 0 Å². The fourth-order valence-electron chi connectivity index (χ4n) is 2.56. The molecule has 0 N–H and O–H groups in total. The second-order valence-electron chi connectivity index (χ2n) is 5.97. The van der Waals surface area contributed by atoms with Crippen LogP contribution in [0.25, 0.3) is 10.2 Å². The maximum absolute atomic E-state index is 12.5. The number of thioether (sulfide) groups is 1. The van der Waals surface area contributed by atoms with Gasteiger partial charge in [-0.3, -0.25) is 4.79 Å². The van der Waals surface area contributed by atoms with Crippen molar-refractivity contribution in [3.63, 3.8) is 0 Å². The molecule has 1 aromatic heterocycles. The first kappa shape index (κ1) is 19.7. The van der Waals surface area contributed by atoms with Gasteiger partial charge in [0.25, 0.3) is 0 Å². The molecule has 1 atom stereocenters. The molecule has 0 aliphatic carbocycles. The Bertz CT molecular complexity index is 880. The molecule has 4 nitrogen and oxygen atoms in total. The fourth-order valence-corrected chi connectivity index (χ4v) is 4.84. The lowest BCUT2D eigenvalue weighted by atomic mass is 10.1. The summed E-state index contributed by atoms with van der Waals surface area (Å²) in [4.78, 5) is 17.2. The molecule has 0 saturated carbocycles. The average Bonchev–Trinajstić information content (AvgIpc) is 3.09. The number of fused-ring (bicyclic) bond motifs is 1. The molecule has 0 saturated heterocycles. The highest BCUT2D eigenvalue weighted by atomic mass is 32.2. The molecule has 27 heavy (non-hydrogen) atoms. The molecule has 3 aromatic rings. The van der Waals surface area contributed by atoms with E-state index in [0.717, 1.165) is 45.3 Å². The molecule has 6 heteroatoms. The maximum Gasteiger partial charge on any atom is 0.324 e. The van der Waals surface area contributed by atoms with Gasteiger partial charge in [-0.05, 0) is 37.1 Å². The summed E-state index contributed by atoms with van der Waals surface area (Å²) >= 11 is 3.01. The van der Waals surface area contributed by atoms with Crippen LogP contribution in [0.5, 0.6) is 5.75 Å². The van der Waals surface area contributed by atoms with Crippen molar-refractivity contribution in [2.24, 2.45) is 0 Å². The molecule has 0 bridgehead atoms. The van der Waals surface area contributed by atoms with Crippen LogP contribution >= 0.6 is 23.1 Å². The lowest BCUT2D eigenvalue weighted by molar-refractivity contribution is -0.142. The first-order chi connectivity index (χ1) is 13.2. The van der Waals surface area contributed by atoms with Crippen molar-refractivity contribution >= 4 is 39.3 Å². The quantitative estimate of drug-likeness (QED) is 0.255. The summed E-state index contributed by atoms with van der Waals surface area (Å²) in [6.45, 7) is 5.05. The summed E-state index contributed by atoms with van der Waals surface area (Å²) in [5, 5.41) is -0.424. The Labute approximate surface area is 167 Å².